The zero-order valence-corrected chi connectivity index (χ0v) is 12.4. The number of carboxylic acids is 1. The second kappa shape index (κ2) is 6.40. The SMILES string of the molecule is CCN(C(=O)NCCc1nccn1C)C(C)(C)C(=O)O. The lowest BCUT2D eigenvalue weighted by Crippen LogP contribution is -2.56. The Morgan fingerprint density at radius 1 is 1.50 bits per heavy atom. The van der Waals surface area contributed by atoms with Crippen molar-refractivity contribution in [3.8, 4) is 0 Å². The summed E-state index contributed by atoms with van der Waals surface area (Å²) in [4.78, 5) is 28.7. The van der Waals surface area contributed by atoms with Crippen LogP contribution in [0.2, 0.25) is 0 Å². The molecule has 0 atom stereocenters. The second-order valence-electron chi connectivity index (χ2n) is 5.04. The first kappa shape index (κ1) is 16.0. The lowest BCUT2D eigenvalue weighted by atomic mass is 10.0. The summed E-state index contributed by atoms with van der Waals surface area (Å²) in [6.07, 6.45) is 4.13. The first-order valence-corrected chi connectivity index (χ1v) is 6.55. The number of carboxylic acid groups (broad SMARTS) is 1. The van der Waals surface area contributed by atoms with Crippen LogP contribution in [0.3, 0.4) is 0 Å². The molecule has 0 fully saturated rings. The molecule has 0 saturated heterocycles. The van der Waals surface area contributed by atoms with E-state index in [9.17, 15) is 9.59 Å². The third-order valence-corrected chi connectivity index (χ3v) is 3.31. The molecule has 0 unspecified atom stereocenters. The number of amides is 2. The van der Waals surface area contributed by atoms with Crippen molar-refractivity contribution in [2.45, 2.75) is 32.7 Å². The van der Waals surface area contributed by atoms with Crippen molar-refractivity contribution in [2.24, 2.45) is 7.05 Å². The average molecular weight is 282 g/mol. The number of hydrogen-bond donors (Lipinski definition) is 2. The van der Waals surface area contributed by atoms with Crippen LogP contribution in [0, 0.1) is 0 Å². The largest absolute Gasteiger partial charge is 0.480 e. The van der Waals surface area contributed by atoms with Gasteiger partial charge in [-0.3, -0.25) is 0 Å². The fourth-order valence-electron chi connectivity index (χ4n) is 1.92. The second-order valence-corrected chi connectivity index (χ2v) is 5.04. The molecule has 0 bridgehead atoms. The van der Waals surface area contributed by atoms with Crippen molar-refractivity contribution in [3.63, 3.8) is 0 Å². The van der Waals surface area contributed by atoms with Gasteiger partial charge in [0.25, 0.3) is 0 Å². The molecule has 1 aromatic heterocycles. The monoisotopic (exact) mass is 282 g/mol. The Bertz CT molecular complexity index is 482. The van der Waals surface area contributed by atoms with Crippen molar-refractivity contribution in [1.29, 1.82) is 0 Å². The highest BCUT2D eigenvalue weighted by Gasteiger charge is 2.36. The lowest BCUT2D eigenvalue weighted by Gasteiger charge is -2.34. The van der Waals surface area contributed by atoms with Crippen LogP contribution < -0.4 is 5.32 Å². The molecule has 0 radical (unpaired) electrons. The van der Waals surface area contributed by atoms with E-state index in [1.165, 1.54) is 18.7 Å². The smallest absolute Gasteiger partial charge is 0.329 e. The average Bonchev–Trinajstić information content (AvgIpc) is 2.75. The van der Waals surface area contributed by atoms with E-state index < -0.39 is 11.5 Å². The molecule has 1 aromatic rings. The molecule has 7 nitrogen and oxygen atoms in total. The van der Waals surface area contributed by atoms with Gasteiger partial charge in [0.15, 0.2) is 0 Å². The Balaban J connectivity index is 2.56. The van der Waals surface area contributed by atoms with Crippen molar-refractivity contribution in [3.05, 3.63) is 18.2 Å². The summed E-state index contributed by atoms with van der Waals surface area (Å²) in [5.41, 5.74) is -1.23. The van der Waals surface area contributed by atoms with Gasteiger partial charge in [-0.05, 0) is 20.8 Å². The van der Waals surface area contributed by atoms with Gasteiger partial charge in [0.05, 0.1) is 0 Å². The summed E-state index contributed by atoms with van der Waals surface area (Å²) >= 11 is 0. The van der Waals surface area contributed by atoms with Crippen LogP contribution >= 0.6 is 0 Å². The summed E-state index contributed by atoms with van der Waals surface area (Å²) < 4.78 is 1.88. The zero-order chi connectivity index (χ0) is 15.3. The topological polar surface area (TPSA) is 87.5 Å². The number of hydrogen-bond acceptors (Lipinski definition) is 3. The van der Waals surface area contributed by atoms with E-state index >= 15 is 0 Å². The Morgan fingerprint density at radius 2 is 2.15 bits per heavy atom. The van der Waals surface area contributed by atoms with Gasteiger partial charge in [-0.15, -0.1) is 0 Å². The molecule has 0 aliphatic heterocycles. The number of nitrogens with zero attached hydrogens (tertiary/aromatic N) is 3. The molecule has 0 aromatic carbocycles. The van der Waals surface area contributed by atoms with Gasteiger partial charge in [0.1, 0.15) is 11.4 Å². The molecule has 1 rings (SSSR count). The third-order valence-electron chi connectivity index (χ3n) is 3.31. The number of aryl methyl sites for hydroxylation is 1. The van der Waals surface area contributed by atoms with Gasteiger partial charge in [-0.1, -0.05) is 0 Å². The van der Waals surface area contributed by atoms with Crippen LogP contribution in [-0.2, 0) is 18.3 Å². The maximum atomic E-state index is 12.1. The maximum Gasteiger partial charge on any atom is 0.329 e. The van der Waals surface area contributed by atoms with Gasteiger partial charge in [-0.2, -0.15) is 0 Å². The van der Waals surface area contributed by atoms with E-state index in [1.54, 1.807) is 13.1 Å². The summed E-state index contributed by atoms with van der Waals surface area (Å²) in [7, 11) is 1.88. The first-order chi connectivity index (χ1) is 9.30. The number of carbonyl (C=O) groups excluding carboxylic acids is 1. The van der Waals surface area contributed by atoms with E-state index in [2.05, 4.69) is 10.3 Å². The van der Waals surface area contributed by atoms with Crippen LogP contribution in [0.15, 0.2) is 12.4 Å². The van der Waals surface area contributed by atoms with Crippen molar-refractivity contribution in [2.75, 3.05) is 13.1 Å². The molecule has 112 valence electrons. The minimum Gasteiger partial charge on any atom is -0.480 e. The molecular formula is C13H22N4O3. The molecule has 2 amide bonds. The minimum atomic E-state index is -1.23. The van der Waals surface area contributed by atoms with Gasteiger partial charge in [-0.25, -0.2) is 14.6 Å². The Kier molecular flexibility index (Phi) is 5.12. The number of nitrogens with one attached hydrogen (secondary N) is 1. The molecular weight excluding hydrogens is 260 g/mol. The highest BCUT2D eigenvalue weighted by molar-refractivity contribution is 5.85. The van der Waals surface area contributed by atoms with Crippen LogP contribution in [0.25, 0.3) is 0 Å². The van der Waals surface area contributed by atoms with Crippen molar-refractivity contribution >= 4 is 12.0 Å². The van der Waals surface area contributed by atoms with E-state index in [-0.39, 0.29) is 6.03 Å². The van der Waals surface area contributed by atoms with Gasteiger partial charge in [0, 0.05) is 39.0 Å². The minimum absolute atomic E-state index is 0.327. The predicted octanol–water partition coefficient (Wildman–Crippen LogP) is 0.857. The Morgan fingerprint density at radius 3 is 2.60 bits per heavy atom. The van der Waals surface area contributed by atoms with Crippen molar-refractivity contribution in [1.82, 2.24) is 19.8 Å². The van der Waals surface area contributed by atoms with Crippen LogP contribution in [0.1, 0.15) is 26.6 Å². The number of imidazole rings is 1. The molecule has 0 aliphatic carbocycles. The van der Waals surface area contributed by atoms with Gasteiger partial charge in [0.2, 0.25) is 0 Å². The summed E-state index contributed by atoms with van der Waals surface area (Å²) in [6, 6.07) is -0.380. The van der Waals surface area contributed by atoms with Crippen LogP contribution in [0.5, 0.6) is 0 Å². The van der Waals surface area contributed by atoms with E-state index in [4.69, 9.17) is 5.11 Å². The quantitative estimate of drug-likeness (QED) is 0.810. The molecule has 0 saturated carbocycles. The molecule has 2 N–H and O–H groups in total. The summed E-state index contributed by atoms with van der Waals surface area (Å²) in [6.45, 7) is 5.51. The third kappa shape index (κ3) is 3.49. The fourth-order valence-corrected chi connectivity index (χ4v) is 1.92. The normalized spacial score (nSPS) is 11.2. The predicted molar refractivity (Wildman–Crippen MR) is 74.4 cm³/mol. The number of carbonyl (C=O) groups is 2. The first-order valence-electron chi connectivity index (χ1n) is 6.55. The van der Waals surface area contributed by atoms with E-state index in [0.717, 1.165) is 5.82 Å². The molecule has 1 heterocycles. The summed E-state index contributed by atoms with van der Waals surface area (Å²) in [5, 5.41) is 11.9. The maximum absolute atomic E-state index is 12.1. The molecule has 7 heteroatoms. The highest BCUT2D eigenvalue weighted by Crippen LogP contribution is 2.14. The van der Waals surface area contributed by atoms with Crippen LogP contribution in [0.4, 0.5) is 4.79 Å². The van der Waals surface area contributed by atoms with Gasteiger partial charge < -0.3 is 19.9 Å². The summed E-state index contributed by atoms with van der Waals surface area (Å²) in [5.74, 6) is -0.163. The number of rotatable bonds is 6. The number of aromatic nitrogens is 2. The number of aliphatic carboxylic acids is 1. The standard InChI is InChI=1S/C13H22N4O3/c1-5-17(13(2,3)11(18)19)12(20)15-7-6-10-14-8-9-16(10)4/h8-9H,5-7H2,1-4H3,(H,15,20)(H,18,19). The number of likely N-dealkylation sites (N-methyl/N-ethyl adjacent to an activating group) is 1. The van der Waals surface area contributed by atoms with Gasteiger partial charge >= 0.3 is 12.0 Å². The molecule has 20 heavy (non-hydrogen) atoms. The van der Waals surface area contributed by atoms with E-state index in [1.807, 2.05) is 17.8 Å². The van der Waals surface area contributed by atoms with Crippen molar-refractivity contribution < 1.29 is 14.7 Å². The fraction of sp³-hybridized carbons (Fsp3) is 0.615. The van der Waals surface area contributed by atoms with E-state index in [0.29, 0.717) is 19.5 Å². The Hall–Kier alpha value is -2.05. The zero-order valence-electron chi connectivity index (χ0n) is 12.4. The number of urea groups is 1. The highest BCUT2D eigenvalue weighted by atomic mass is 16.4. The molecule has 0 aliphatic rings. The Labute approximate surface area is 118 Å². The lowest BCUT2D eigenvalue weighted by molar-refractivity contribution is -0.147. The van der Waals surface area contributed by atoms with Crippen LogP contribution in [-0.4, -0.2) is 50.2 Å². The molecule has 0 spiro atoms.